The minimum absolute atomic E-state index is 0.0232. The number of nitrogens with zero attached hydrogens (tertiary/aromatic N) is 2. The lowest BCUT2D eigenvalue weighted by Crippen LogP contribution is -2.46. The minimum Gasteiger partial charge on any atom is -0.463 e. The van der Waals surface area contributed by atoms with Gasteiger partial charge in [0.2, 0.25) is 0 Å². The van der Waals surface area contributed by atoms with Crippen molar-refractivity contribution < 1.29 is 9.21 Å². The van der Waals surface area contributed by atoms with Gasteiger partial charge < -0.3 is 14.6 Å². The maximum atomic E-state index is 12.5. The summed E-state index contributed by atoms with van der Waals surface area (Å²) in [6.45, 7) is 5.82. The molecule has 0 saturated carbocycles. The lowest BCUT2D eigenvalue weighted by atomic mass is 10.1. The van der Waals surface area contributed by atoms with Crippen molar-refractivity contribution in [1.29, 1.82) is 0 Å². The van der Waals surface area contributed by atoms with Crippen molar-refractivity contribution in [3.05, 3.63) is 36.1 Å². The van der Waals surface area contributed by atoms with Crippen LogP contribution in [0.25, 0.3) is 11.0 Å². The standard InChI is InChI=1S/C16H21N3O2/c1-18(10-11-19-8-6-17-7-9-19)16(20)14-12-21-15-5-3-2-4-13(14)15/h2-5,12,17H,6-11H2,1H3. The molecule has 0 aliphatic carbocycles. The lowest BCUT2D eigenvalue weighted by molar-refractivity contribution is 0.0776. The van der Waals surface area contributed by atoms with Crippen molar-refractivity contribution in [2.24, 2.45) is 0 Å². The fraction of sp³-hybridized carbons (Fsp3) is 0.438. The molecule has 0 radical (unpaired) electrons. The molecule has 3 rings (SSSR count). The predicted molar refractivity (Wildman–Crippen MR) is 82.5 cm³/mol. The van der Waals surface area contributed by atoms with Crippen molar-refractivity contribution in [2.45, 2.75) is 0 Å². The van der Waals surface area contributed by atoms with Gasteiger partial charge in [0.25, 0.3) is 5.91 Å². The first-order valence-electron chi connectivity index (χ1n) is 7.40. The number of rotatable bonds is 4. The molecule has 2 heterocycles. The quantitative estimate of drug-likeness (QED) is 0.924. The van der Waals surface area contributed by atoms with Gasteiger partial charge in [0, 0.05) is 51.7 Å². The summed E-state index contributed by atoms with van der Waals surface area (Å²) in [7, 11) is 1.85. The smallest absolute Gasteiger partial charge is 0.257 e. The molecular weight excluding hydrogens is 266 g/mol. The Hall–Kier alpha value is -1.85. The number of fused-ring (bicyclic) bond motifs is 1. The lowest BCUT2D eigenvalue weighted by Gasteiger charge is -2.29. The van der Waals surface area contributed by atoms with Crippen LogP contribution in [0.1, 0.15) is 10.4 Å². The van der Waals surface area contributed by atoms with Crippen molar-refractivity contribution in [3.8, 4) is 0 Å². The number of hydrogen-bond acceptors (Lipinski definition) is 4. The first kappa shape index (κ1) is 14.1. The maximum absolute atomic E-state index is 12.5. The summed E-state index contributed by atoms with van der Waals surface area (Å²) in [4.78, 5) is 16.7. The molecule has 1 saturated heterocycles. The van der Waals surface area contributed by atoms with E-state index in [1.54, 1.807) is 11.2 Å². The monoisotopic (exact) mass is 287 g/mol. The second kappa shape index (κ2) is 6.28. The molecule has 2 aromatic rings. The zero-order chi connectivity index (χ0) is 14.7. The molecular formula is C16H21N3O2. The third-order valence-corrected chi connectivity index (χ3v) is 4.02. The van der Waals surface area contributed by atoms with Crippen molar-refractivity contribution in [1.82, 2.24) is 15.1 Å². The van der Waals surface area contributed by atoms with E-state index >= 15 is 0 Å². The second-order valence-electron chi connectivity index (χ2n) is 5.46. The number of carbonyl (C=O) groups is 1. The highest BCUT2D eigenvalue weighted by molar-refractivity contribution is 6.05. The van der Waals surface area contributed by atoms with Crippen LogP contribution in [0.4, 0.5) is 0 Å². The van der Waals surface area contributed by atoms with Crippen LogP contribution in [-0.4, -0.2) is 62.0 Å². The first-order chi connectivity index (χ1) is 10.3. The summed E-state index contributed by atoms with van der Waals surface area (Å²) in [5, 5.41) is 4.22. The van der Waals surface area contributed by atoms with Gasteiger partial charge in [-0.3, -0.25) is 9.69 Å². The zero-order valence-corrected chi connectivity index (χ0v) is 12.3. The summed E-state index contributed by atoms with van der Waals surface area (Å²) in [5.74, 6) is 0.0232. The van der Waals surface area contributed by atoms with E-state index in [0.717, 1.165) is 50.2 Å². The van der Waals surface area contributed by atoms with Crippen molar-refractivity contribution in [2.75, 3.05) is 46.3 Å². The minimum atomic E-state index is 0.0232. The highest BCUT2D eigenvalue weighted by Crippen LogP contribution is 2.21. The van der Waals surface area contributed by atoms with Crippen LogP contribution >= 0.6 is 0 Å². The van der Waals surface area contributed by atoms with E-state index in [2.05, 4.69) is 10.2 Å². The number of carbonyl (C=O) groups excluding carboxylic acids is 1. The molecule has 112 valence electrons. The Balaban J connectivity index is 1.64. The molecule has 1 aliphatic heterocycles. The third-order valence-electron chi connectivity index (χ3n) is 4.02. The van der Waals surface area contributed by atoms with E-state index in [9.17, 15) is 4.79 Å². The van der Waals surface area contributed by atoms with Gasteiger partial charge in [-0.05, 0) is 6.07 Å². The molecule has 1 amide bonds. The Kier molecular flexibility index (Phi) is 4.22. The molecule has 1 N–H and O–H groups in total. The van der Waals surface area contributed by atoms with Crippen molar-refractivity contribution in [3.63, 3.8) is 0 Å². The number of hydrogen-bond donors (Lipinski definition) is 1. The fourth-order valence-corrected chi connectivity index (χ4v) is 2.68. The molecule has 5 heteroatoms. The van der Waals surface area contributed by atoms with Gasteiger partial charge in [-0.15, -0.1) is 0 Å². The summed E-state index contributed by atoms with van der Waals surface area (Å²) < 4.78 is 5.45. The van der Waals surface area contributed by atoms with Crippen LogP contribution < -0.4 is 5.32 Å². The SMILES string of the molecule is CN(CCN1CCNCC1)C(=O)c1coc2ccccc12. The Bertz CT molecular complexity index is 617. The number of amides is 1. The molecule has 0 unspecified atom stereocenters. The summed E-state index contributed by atoms with van der Waals surface area (Å²) in [6, 6.07) is 7.65. The second-order valence-corrected chi connectivity index (χ2v) is 5.46. The topological polar surface area (TPSA) is 48.7 Å². The van der Waals surface area contributed by atoms with Crippen molar-refractivity contribution >= 4 is 16.9 Å². The van der Waals surface area contributed by atoms with Gasteiger partial charge >= 0.3 is 0 Å². The van der Waals surface area contributed by atoms with Crippen LogP contribution in [0.3, 0.4) is 0 Å². The molecule has 5 nitrogen and oxygen atoms in total. The van der Waals surface area contributed by atoms with Gasteiger partial charge in [-0.25, -0.2) is 0 Å². The van der Waals surface area contributed by atoms with Gasteiger partial charge in [-0.1, -0.05) is 18.2 Å². The summed E-state index contributed by atoms with van der Waals surface area (Å²) in [6.07, 6.45) is 1.56. The van der Waals surface area contributed by atoms with E-state index in [0.29, 0.717) is 5.56 Å². The highest BCUT2D eigenvalue weighted by atomic mass is 16.3. The predicted octanol–water partition coefficient (Wildman–Crippen LogP) is 1.41. The highest BCUT2D eigenvalue weighted by Gasteiger charge is 2.18. The van der Waals surface area contributed by atoms with Crippen LogP contribution in [0.15, 0.2) is 34.9 Å². The Morgan fingerprint density at radius 2 is 2.10 bits per heavy atom. The Morgan fingerprint density at radius 1 is 1.33 bits per heavy atom. The molecule has 1 aromatic heterocycles. The molecule has 1 aromatic carbocycles. The maximum Gasteiger partial charge on any atom is 0.257 e. The van der Waals surface area contributed by atoms with Crippen LogP contribution in [0.5, 0.6) is 0 Å². The summed E-state index contributed by atoms with van der Waals surface area (Å²) in [5.41, 5.74) is 1.41. The molecule has 0 atom stereocenters. The number of likely N-dealkylation sites (N-methyl/N-ethyl adjacent to an activating group) is 1. The van der Waals surface area contributed by atoms with Crippen LogP contribution in [0, 0.1) is 0 Å². The number of benzene rings is 1. The van der Waals surface area contributed by atoms with E-state index < -0.39 is 0 Å². The first-order valence-corrected chi connectivity index (χ1v) is 7.40. The fourth-order valence-electron chi connectivity index (χ4n) is 2.68. The normalized spacial score (nSPS) is 16.2. The van der Waals surface area contributed by atoms with E-state index in [1.165, 1.54) is 0 Å². The molecule has 0 spiro atoms. The van der Waals surface area contributed by atoms with Crippen LogP contribution in [0.2, 0.25) is 0 Å². The van der Waals surface area contributed by atoms with Gasteiger partial charge in [0.1, 0.15) is 11.8 Å². The van der Waals surface area contributed by atoms with E-state index in [1.807, 2.05) is 31.3 Å². The molecule has 1 fully saturated rings. The Morgan fingerprint density at radius 3 is 2.90 bits per heavy atom. The molecule has 1 aliphatic rings. The number of nitrogens with one attached hydrogen (secondary N) is 1. The van der Waals surface area contributed by atoms with E-state index in [-0.39, 0.29) is 5.91 Å². The van der Waals surface area contributed by atoms with E-state index in [4.69, 9.17) is 4.42 Å². The zero-order valence-electron chi connectivity index (χ0n) is 12.3. The number of furan rings is 1. The Labute approximate surface area is 124 Å². The number of para-hydroxylation sites is 1. The van der Waals surface area contributed by atoms with Gasteiger partial charge in [0.05, 0.1) is 5.56 Å². The molecule has 0 bridgehead atoms. The summed E-state index contributed by atoms with van der Waals surface area (Å²) >= 11 is 0. The van der Waals surface area contributed by atoms with Gasteiger partial charge in [-0.2, -0.15) is 0 Å². The third kappa shape index (κ3) is 3.09. The average Bonchev–Trinajstić information content (AvgIpc) is 2.97. The number of piperazine rings is 1. The molecule has 21 heavy (non-hydrogen) atoms. The van der Waals surface area contributed by atoms with Crippen LogP contribution in [-0.2, 0) is 0 Å². The average molecular weight is 287 g/mol. The van der Waals surface area contributed by atoms with Gasteiger partial charge in [0.15, 0.2) is 0 Å². The largest absolute Gasteiger partial charge is 0.463 e.